The molecule has 134 valence electrons. The van der Waals surface area contributed by atoms with Crippen LogP contribution < -0.4 is 4.74 Å². The van der Waals surface area contributed by atoms with E-state index in [2.05, 4.69) is 0 Å². The lowest BCUT2D eigenvalue weighted by Gasteiger charge is -2.34. The summed E-state index contributed by atoms with van der Waals surface area (Å²) in [5.41, 5.74) is 1.84. The van der Waals surface area contributed by atoms with Crippen molar-refractivity contribution >= 4 is 21.8 Å². The van der Waals surface area contributed by atoms with E-state index >= 15 is 0 Å². The van der Waals surface area contributed by atoms with E-state index in [0.717, 1.165) is 23.3 Å². The van der Waals surface area contributed by atoms with Gasteiger partial charge >= 0.3 is 0 Å². The maximum Gasteiger partial charge on any atom is 0.282 e. The number of benzene rings is 2. The van der Waals surface area contributed by atoms with Crippen LogP contribution in [0.4, 0.5) is 0 Å². The first-order chi connectivity index (χ1) is 12.0. The van der Waals surface area contributed by atoms with Gasteiger partial charge in [-0.3, -0.25) is 0 Å². The third-order valence-corrected chi connectivity index (χ3v) is 6.41. The fourth-order valence-electron chi connectivity index (χ4n) is 2.91. The van der Waals surface area contributed by atoms with E-state index in [1.165, 1.54) is 8.61 Å². The molecule has 0 radical (unpaired) electrons. The average molecular weight is 381 g/mol. The van der Waals surface area contributed by atoms with Crippen LogP contribution in [0.1, 0.15) is 17.5 Å². The van der Waals surface area contributed by atoms with Gasteiger partial charge < -0.3 is 4.74 Å². The van der Waals surface area contributed by atoms with Crippen molar-refractivity contribution in [1.82, 2.24) is 8.61 Å². The molecule has 0 atom stereocenters. The second-order valence-electron chi connectivity index (χ2n) is 6.01. The van der Waals surface area contributed by atoms with Gasteiger partial charge in [0.2, 0.25) is 0 Å². The molecule has 7 heteroatoms. The first kappa shape index (κ1) is 18.2. The van der Waals surface area contributed by atoms with Crippen LogP contribution in [-0.2, 0) is 23.3 Å². The quantitative estimate of drug-likeness (QED) is 0.799. The van der Waals surface area contributed by atoms with Crippen molar-refractivity contribution in [2.45, 2.75) is 19.5 Å². The van der Waals surface area contributed by atoms with E-state index in [-0.39, 0.29) is 0 Å². The highest BCUT2D eigenvalue weighted by atomic mass is 35.5. The van der Waals surface area contributed by atoms with Gasteiger partial charge in [0.05, 0.1) is 7.11 Å². The van der Waals surface area contributed by atoms with Gasteiger partial charge in [0.25, 0.3) is 10.2 Å². The molecule has 0 amide bonds. The van der Waals surface area contributed by atoms with E-state index in [9.17, 15) is 8.42 Å². The molecule has 0 aromatic heterocycles. The molecule has 0 N–H and O–H groups in total. The summed E-state index contributed by atoms with van der Waals surface area (Å²) in [6, 6.07) is 14.8. The lowest BCUT2D eigenvalue weighted by Crippen LogP contribution is -2.48. The number of methoxy groups -OCH3 is 1. The van der Waals surface area contributed by atoms with Crippen LogP contribution in [0.3, 0.4) is 0 Å². The van der Waals surface area contributed by atoms with Crippen LogP contribution in [0.25, 0.3) is 0 Å². The minimum Gasteiger partial charge on any atom is -0.497 e. The fraction of sp³-hybridized carbons (Fsp3) is 0.333. The van der Waals surface area contributed by atoms with E-state index in [1.807, 2.05) is 36.4 Å². The highest BCUT2D eigenvalue weighted by Crippen LogP contribution is 2.23. The molecule has 1 aliphatic rings. The van der Waals surface area contributed by atoms with Crippen molar-refractivity contribution in [2.75, 3.05) is 20.2 Å². The van der Waals surface area contributed by atoms with E-state index in [0.29, 0.717) is 31.2 Å². The van der Waals surface area contributed by atoms with Crippen molar-refractivity contribution in [1.29, 1.82) is 0 Å². The van der Waals surface area contributed by atoms with Gasteiger partial charge in [-0.15, -0.1) is 0 Å². The third kappa shape index (κ3) is 4.33. The zero-order valence-electron chi connectivity index (χ0n) is 14.1. The van der Waals surface area contributed by atoms with Gasteiger partial charge in [-0.25, -0.2) is 0 Å². The average Bonchev–Trinajstić information content (AvgIpc) is 2.60. The van der Waals surface area contributed by atoms with Crippen LogP contribution in [0.5, 0.6) is 5.75 Å². The Bertz CT molecular complexity index is 824. The van der Waals surface area contributed by atoms with Crippen LogP contribution in [0.2, 0.25) is 5.02 Å². The van der Waals surface area contributed by atoms with Gasteiger partial charge in [0.15, 0.2) is 0 Å². The van der Waals surface area contributed by atoms with E-state index < -0.39 is 10.2 Å². The molecule has 5 nitrogen and oxygen atoms in total. The molecule has 2 aromatic carbocycles. The Morgan fingerprint density at radius 3 is 2.28 bits per heavy atom. The van der Waals surface area contributed by atoms with Crippen molar-refractivity contribution in [2.24, 2.45) is 0 Å². The summed E-state index contributed by atoms with van der Waals surface area (Å²) >= 11 is 5.90. The molecule has 0 bridgehead atoms. The Labute approximate surface area is 154 Å². The number of hydrogen-bond donors (Lipinski definition) is 0. The van der Waals surface area contributed by atoms with Crippen LogP contribution in [0.15, 0.2) is 48.5 Å². The van der Waals surface area contributed by atoms with Crippen LogP contribution in [-0.4, -0.2) is 37.2 Å². The van der Waals surface area contributed by atoms with Crippen molar-refractivity contribution in [3.63, 3.8) is 0 Å². The summed E-state index contributed by atoms with van der Waals surface area (Å²) < 4.78 is 34.1. The molecule has 1 heterocycles. The molecule has 3 rings (SSSR count). The minimum absolute atomic E-state index is 0.344. The first-order valence-corrected chi connectivity index (χ1v) is 9.89. The van der Waals surface area contributed by atoms with Crippen molar-refractivity contribution < 1.29 is 13.2 Å². The lowest BCUT2D eigenvalue weighted by atomic mass is 10.2. The standard InChI is InChI=1S/C18H21ClN2O3S/c1-24-18-5-2-4-16(12-18)14-21-11-3-10-20(25(21,22)23)13-15-6-8-17(19)9-7-15/h2,4-9,12H,3,10-11,13-14H2,1H3. The second-order valence-corrected chi connectivity index (χ2v) is 8.37. The summed E-state index contributed by atoms with van der Waals surface area (Å²) in [5, 5.41) is 0.643. The van der Waals surface area contributed by atoms with Crippen molar-refractivity contribution in [3.8, 4) is 5.75 Å². The minimum atomic E-state index is -3.50. The summed E-state index contributed by atoms with van der Waals surface area (Å²) in [7, 11) is -1.90. The van der Waals surface area contributed by atoms with Crippen molar-refractivity contribution in [3.05, 3.63) is 64.7 Å². The number of rotatable bonds is 5. The summed E-state index contributed by atoms with van der Waals surface area (Å²) in [6.45, 7) is 1.75. The maximum atomic E-state index is 12.9. The Morgan fingerprint density at radius 1 is 1.00 bits per heavy atom. The molecular formula is C18H21ClN2O3S. The lowest BCUT2D eigenvalue weighted by molar-refractivity contribution is 0.275. The summed E-state index contributed by atoms with van der Waals surface area (Å²) in [6.07, 6.45) is 0.802. The third-order valence-electron chi connectivity index (χ3n) is 4.23. The molecule has 0 aliphatic carbocycles. The molecule has 0 saturated carbocycles. The molecular weight excluding hydrogens is 360 g/mol. The van der Waals surface area contributed by atoms with Gasteiger partial charge in [-0.2, -0.15) is 17.0 Å². The van der Waals surface area contributed by atoms with Gasteiger partial charge in [-0.05, 0) is 41.8 Å². The highest BCUT2D eigenvalue weighted by molar-refractivity contribution is 7.86. The number of halogens is 1. The summed E-state index contributed by atoms with van der Waals surface area (Å²) in [5.74, 6) is 0.727. The topological polar surface area (TPSA) is 49.9 Å². The summed E-state index contributed by atoms with van der Waals surface area (Å²) in [4.78, 5) is 0. The second kappa shape index (κ2) is 7.74. The molecule has 2 aromatic rings. The first-order valence-electron chi connectivity index (χ1n) is 8.11. The highest BCUT2D eigenvalue weighted by Gasteiger charge is 2.33. The number of hydrogen-bond acceptors (Lipinski definition) is 3. The van der Waals surface area contributed by atoms with E-state index in [4.69, 9.17) is 16.3 Å². The van der Waals surface area contributed by atoms with Gasteiger partial charge in [0.1, 0.15) is 5.75 Å². The Morgan fingerprint density at radius 2 is 1.64 bits per heavy atom. The monoisotopic (exact) mass is 380 g/mol. The Balaban J connectivity index is 1.75. The largest absolute Gasteiger partial charge is 0.497 e. The Kier molecular flexibility index (Phi) is 5.64. The van der Waals surface area contributed by atoms with Crippen LogP contribution >= 0.6 is 11.6 Å². The molecule has 1 saturated heterocycles. The predicted molar refractivity (Wildman–Crippen MR) is 98.8 cm³/mol. The Hall–Kier alpha value is -1.60. The van der Waals surface area contributed by atoms with Gasteiger partial charge in [-0.1, -0.05) is 35.9 Å². The molecule has 1 aliphatic heterocycles. The molecule has 25 heavy (non-hydrogen) atoms. The fourth-order valence-corrected chi connectivity index (χ4v) is 4.70. The normalized spacial score (nSPS) is 18.2. The maximum absolute atomic E-state index is 12.9. The predicted octanol–water partition coefficient (Wildman–Crippen LogP) is 3.30. The number of ether oxygens (including phenoxy) is 1. The molecule has 0 unspecified atom stereocenters. The molecule has 0 spiro atoms. The SMILES string of the molecule is COc1cccc(CN2CCCN(Cc3ccc(Cl)cc3)S2(=O)=O)c1. The zero-order chi connectivity index (χ0) is 17.9. The smallest absolute Gasteiger partial charge is 0.282 e. The number of nitrogens with zero attached hydrogens (tertiary/aromatic N) is 2. The molecule has 1 fully saturated rings. The van der Waals surface area contributed by atoms with Crippen LogP contribution in [0, 0.1) is 0 Å². The van der Waals surface area contributed by atoms with Gasteiger partial charge in [0, 0.05) is 31.2 Å². The zero-order valence-corrected chi connectivity index (χ0v) is 15.6. The van der Waals surface area contributed by atoms with E-state index in [1.54, 1.807) is 19.2 Å².